The van der Waals surface area contributed by atoms with Crippen molar-refractivity contribution in [3.63, 3.8) is 0 Å². The molecule has 2 rings (SSSR count). The number of nitrogen functional groups attached to an aromatic ring is 1. The van der Waals surface area contributed by atoms with Gasteiger partial charge in [0.25, 0.3) is 5.69 Å². The molecule has 1 amide bonds. The van der Waals surface area contributed by atoms with E-state index in [1.807, 2.05) is 0 Å². The minimum Gasteiger partial charge on any atom is -0.393 e. The van der Waals surface area contributed by atoms with Gasteiger partial charge >= 0.3 is 0 Å². The Kier molecular flexibility index (Phi) is 2.26. The van der Waals surface area contributed by atoms with Gasteiger partial charge in [-0.25, -0.2) is 0 Å². The highest BCUT2D eigenvalue weighted by atomic mass is 16.6. The Morgan fingerprint density at radius 3 is 2.81 bits per heavy atom. The van der Waals surface area contributed by atoms with E-state index >= 15 is 0 Å². The second kappa shape index (κ2) is 3.48. The number of rotatable bonds is 1. The molecule has 0 unspecified atom stereocenters. The van der Waals surface area contributed by atoms with Crippen LogP contribution >= 0.6 is 0 Å². The van der Waals surface area contributed by atoms with Crippen LogP contribution in [0.2, 0.25) is 0 Å². The maximum Gasteiger partial charge on any atom is 0.292 e. The largest absolute Gasteiger partial charge is 0.393 e. The lowest BCUT2D eigenvalue weighted by Crippen LogP contribution is -2.25. The van der Waals surface area contributed by atoms with Crippen molar-refractivity contribution >= 4 is 23.0 Å². The summed E-state index contributed by atoms with van der Waals surface area (Å²) < 4.78 is 0. The molecule has 0 spiro atoms. The Balaban J connectivity index is 2.52. The van der Waals surface area contributed by atoms with Gasteiger partial charge in [0, 0.05) is 25.2 Å². The van der Waals surface area contributed by atoms with E-state index in [1.165, 1.54) is 19.1 Å². The Morgan fingerprint density at radius 1 is 1.56 bits per heavy atom. The number of nitrogens with two attached hydrogens (primary N) is 1. The molecule has 6 heteroatoms. The number of benzene rings is 1. The molecule has 0 aliphatic carbocycles. The summed E-state index contributed by atoms with van der Waals surface area (Å²) in [5.41, 5.74) is 7.07. The van der Waals surface area contributed by atoms with E-state index in [1.54, 1.807) is 4.90 Å². The fourth-order valence-electron chi connectivity index (χ4n) is 1.93. The van der Waals surface area contributed by atoms with Crippen LogP contribution < -0.4 is 10.6 Å². The van der Waals surface area contributed by atoms with Gasteiger partial charge in [-0.2, -0.15) is 0 Å². The van der Waals surface area contributed by atoms with E-state index in [2.05, 4.69) is 0 Å². The zero-order valence-corrected chi connectivity index (χ0v) is 8.77. The molecule has 1 aromatic carbocycles. The van der Waals surface area contributed by atoms with Crippen molar-refractivity contribution in [1.82, 2.24) is 0 Å². The molecular weight excluding hydrogens is 210 g/mol. The van der Waals surface area contributed by atoms with Crippen LogP contribution in [0.3, 0.4) is 0 Å². The summed E-state index contributed by atoms with van der Waals surface area (Å²) in [7, 11) is 0. The third kappa shape index (κ3) is 1.48. The van der Waals surface area contributed by atoms with Crippen LogP contribution in [0.15, 0.2) is 12.1 Å². The fraction of sp³-hybridized carbons (Fsp3) is 0.300. The molecule has 0 radical (unpaired) electrons. The third-order valence-electron chi connectivity index (χ3n) is 2.70. The average molecular weight is 221 g/mol. The molecule has 0 bridgehead atoms. The summed E-state index contributed by atoms with van der Waals surface area (Å²) in [6, 6.07) is 2.95. The molecule has 1 aliphatic heterocycles. The second-order valence-corrected chi connectivity index (χ2v) is 3.72. The molecule has 84 valence electrons. The fourth-order valence-corrected chi connectivity index (χ4v) is 1.93. The first-order chi connectivity index (χ1) is 7.50. The lowest BCUT2D eigenvalue weighted by molar-refractivity contribution is -0.383. The van der Waals surface area contributed by atoms with Gasteiger partial charge in [0.15, 0.2) is 0 Å². The van der Waals surface area contributed by atoms with E-state index in [4.69, 9.17) is 5.73 Å². The molecule has 1 aromatic rings. The van der Waals surface area contributed by atoms with E-state index in [0.29, 0.717) is 18.7 Å². The zero-order chi connectivity index (χ0) is 11.9. The number of nitrogens with zero attached hydrogens (tertiary/aromatic N) is 2. The standard InChI is InChI=1S/C10H11N3O3/c1-6(14)12-3-2-7-4-10(13(15)16)8(11)5-9(7)12/h4-5H,2-3,11H2,1H3. The lowest BCUT2D eigenvalue weighted by Gasteiger charge is -2.14. The summed E-state index contributed by atoms with van der Waals surface area (Å²) in [6.07, 6.45) is 0.635. The molecule has 0 saturated heterocycles. The van der Waals surface area contributed by atoms with Gasteiger partial charge in [-0.3, -0.25) is 14.9 Å². The summed E-state index contributed by atoms with van der Waals surface area (Å²) >= 11 is 0. The molecule has 1 aliphatic rings. The lowest BCUT2D eigenvalue weighted by atomic mass is 10.1. The van der Waals surface area contributed by atoms with Crippen molar-refractivity contribution in [2.45, 2.75) is 13.3 Å². The first-order valence-corrected chi connectivity index (χ1v) is 4.85. The molecular formula is C10H11N3O3. The molecule has 0 aromatic heterocycles. The van der Waals surface area contributed by atoms with Gasteiger partial charge in [-0.05, 0) is 18.1 Å². The molecule has 0 saturated carbocycles. The van der Waals surface area contributed by atoms with Crippen molar-refractivity contribution in [2.75, 3.05) is 17.2 Å². The first-order valence-electron chi connectivity index (χ1n) is 4.85. The van der Waals surface area contributed by atoms with Crippen LogP contribution in [-0.4, -0.2) is 17.4 Å². The molecule has 1 heterocycles. The first kappa shape index (κ1) is 10.4. The molecule has 2 N–H and O–H groups in total. The van der Waals surface area contributed by atoms with E-state index in [9.17, 15) is 14.9 Å². The highest BCUT2D eigenvalue weighted by Crippen LogP contribution is 2.35. The second-order valence-electron chi connectivity index (χ2n) is 3.72. The Labute approximate surface area is 91.8 Å². The Hall–Kier alpha value is -2.11. The number of nitro benzene ring substituents is 1. The normalized spacial score (nSPS) is 13.7. The number of carbonyl (C=O) groups excluding carboxylic acids is 1. The quantitative estimate of drug-likeness (QED) is 0.436. The van der Waals surface area contributed by atoms with Crippen LogP contribution in [0.1, 0.15) is 12.5 Å². The number of fused-ring (bicyclic) bond motifs is 1. The topological polar surface area (TPSA) is 89.5 Å². The van der Waals surface area contributed by atoms with Crippen LogP contribution in [0.25, 0.3) is 0 Å². The maximum absolute atomic E-state index is 11.3. The summed E-state index contributed by atoms with van der Waals surface area (Å²) in [5, 5.41) is 10.7. The van der Waals surface area contributed by atoms with Gasteiger partial charge in [-0.1, -0.05) is 0 Å². The number of anilines is 2. The third-order valence-corrected chi connectivity index (χ3v) is 2.70. The monoisotopic (exact) mass is 221 g/mol. The van der Waals surface area contributed by atoms with Crippen molar-refractivity contribution in [1.29, 1.82) is 0 Å². The van der Waals surface area contributed by atoms with Crippen LogP contribution in [0, 0.1) is 10.1 Å². The predicted octanol–water partition coefficient (Wildman–Crippen LogP) is 1.09. The highest BCUT2D eigenvalue weighted by molar-refractivity contribution is 5.95. The van der Waals surface area contributed by atoms with E-state index < -0.39 is 4.92 Å². The van der Waals surface area contributed by atoms with Gasteiger partial charge in [-0.15, -0.1) is 0 Å². The predicted molar refractivity (Wildman–Crippen MR) is 59.2 cm³/mol. The van der Waals surface area contributed by atoms with Crippen LogP contribution in [0.5, 0.6) is 0 Å². The summed E-state index contributed by atoms with van der Waals surface area (Å²) in [6.45, 7) is 2.03. The van der Waals surface area contributed by atoms with Crippen molar-refractivity contribution in [3.8, 4) is 0 Å². The van der Waals surface area contributed by atoms with Gasteiger partial charge < -0.3 is 10.6 Å². The van der Waals surface area contributed by atoms with Crippen LogP contribution in [-0.2, 0) is 11.2 Å². The Bertz CT molecular complexity index is 484. The van der Waals surface area contributed by atoms with Gasteiger partial charge in [0.1, 0.15) is 5.69 Å². The minimum atomic E-state index is -0.508. The Morgan fingerprint density at radius 2 is 2.25 bits per heavy atom. The average Bonchev–Trinajstić information content (AvgIpc) is 2.58. The summed E-state index contributed by atoms with van der Waals surface area (Å²) in [4.78, 5) is 23.0. The molecule has 6 nitrogen and oxygen atoms in total. The highest BCUT2D eigenvalue weighted by Gasteiger charge is 2.26. The molecule has 16 heavy (non-hydrogen) atoms. The number of hydrogen-bond acceptors (Lipinski definition) is 4. The number of carbonyl (C=O) groups is 1. The number of nitro groups is 1. The smallest absolute Gasteiger partial charge is 0.292 e. The minimum absolute atomic E-state index is 0.0768. The van der Waals surface area contributed by atoms with Crippen molar-refractivity contribution in [3.05, 3.63) is 27.8 Å². The van der Waals surface area contributed by atoms with Crippen molar-refractivity contribution in [2.24, 2.45) is 0 Å². The molecule has 0 fully saturated rings. The zero-order valence-electron chi connectivity index (χ0n) is 8.77. The van der Waals surface area contributed by atoms with Gasteiger partial charge in [0.05, 0.1) is 4.92 Å². The van der Waals surface area contributed by atoms with Crippen molar-refractivity contribution < 1.29 is 9.72 Å². The van der Waals surface area contributed by atoms with Crippen LogP contribution in [0.4, 0.5) is 17.1 Å². The number of amides is 1. The van der Waals surface area contributed by atoms with Gasteiger partial charge in [0.2, 0.25) is 5.91 Å². The summed E-state index contributed by atoms with van der Waals surface area (Å²) in [5.74, 6) is -0.0768. The SMILES string of the molecule is CC(=O)N1CCc2cc([N+](=O)[O-])c(N)cc21. The number of hydrogen-bond donors (Lipinski definition) is 1. The molecule has 0 atom stereocenters. The van der Waals surface area contributed by atoms with E-state index in [-0.39, 0.29) is 17.3 Å². The van der Waals surface area contributed by atoms with E-state index in [0.717, 1.165) is 5.56 Å². The maximum atomic E-state index is 11.3.